The van der Waals surface area contributed by atoms with Gasteiger partial charge in [0, 0.05) is 10.7 Å². The molecule has 2 fully saturated rings. The van der Waals surface area contributed by atoms with E-state index in [-0.39, 0.29) is 19.2 Å². The summed E-state index contributed by atoms with van der Waals surface area (Å²) in [5.74, 6) is 0. The van der Waals surface area contributed by atoms with Crippen LogP contribution in [0.3, 0.4) is 0 Å². The maximum absolute atomic E-state index is 12.9. The number of rotatable bonds is 3. The molecule has 2 heterocycles. The normalized spacial score (nSPS) is 27.4. The average molecular weight is 393 g/mol. The van der Waals surface area contributed by atoms with Gasteiger partial charge in [-0.05, 0) is 46.0 Å². The van der Waals surface area contributed by atoms with Gasteiger partial charge in [-0.2, -0.15) is 0 Å². The molecule has 2 aliphatic heterocycles. The molecule has 0 radical (unpaired) electrons. The summed E-state index contributed by atoms with van der Waals surface area (Å²) in [5.41, 5.74) is 0.0690. The number of fused-ring (bicyclic) bond motifs is 2. The minimum atomic E-state index is -2.72. The zero-order valence-electron chi connectivity index (χ0n) is 19.5. The molecule has 2 amide bonds. The van der Waals surface area contributed by atoms with E-state index in [1.807, 2.05) is 30.3 Å². The molecule has 28 heavy (non-hydrogen) atoms. The van der Waals surface area contributed by atoms with Crippen molar-refractivity contribution in [1.82, 2.24) is 9.80 Å². The third-order valence-electron chi connectivity index (χ3n) is 5.08. The van der Waals surface area contributed by atoms with E-state index in [0.29, 0.717) is 12.8 Å². The second kappa shape index (κ2) is 7.99. The maximum Gasteiger partial charge on any atom is 0.410 e. The van der Waals surface area contributed by atoms with Crippen LogP contribution in [0, 0.1) is 0 Å². The molecular weight excluding hydrogens is 360 g/mol. The van der Waals surface area contributed by atoms with Gasteiger partial charge in [0.1, 0.15) is 12.2 Å². The number of aliphatic hydroxyl groups excluding tert-OH is 1. The first-order valence-electron chi connectivity index (χ1n) is 11.0. The number of aliphatic hydroxyl groups is 1. The number of carbonyl (C=O) groups is 2. The quantitative estimate of drug-likeness (QED) is 0.853. The van der Waals surface area contributed by atoms with Crippen LogP contribution >= 0.6 is 0 Å². The van der Waals surface area contributed by atoms with Gasteiger partial charge in [0.25, 0.3) is 0 Å². The predicted molar refractivity (Wildman–Crippen MR) is 104 cm³/mol. The zero-order valence-corrected chi connectivity index (χ0v) is 16.5. The van der Waals surface area contributed by atoms with E-state index in [0.717, 1.165) is 5.56 Å². The van der Waals surface area contributed by atoms with Crippen LogP contribution in [0.4, 0.5) is 9.59 Å². The number of hydrogen-bond acceptors (Lipinski definition) is 5. The first-order valence-corrected chi connectivity index (χ1v) is 9.55. The highest BCUT2D eigenvalue weighted by molar-refractivity contribution is 5.72. The summed E-state index contributed by atoms with van der Waals surface area (Å²) >= 11 is 0. The molecule has 2 aliphatic rings. The average Bonchev–Trinajstić information content (AvgIpc) is 2.98. The highest BCUT2D eigenvalue weighted by atomic mass is 16.6. The van der Waals surface area contributed by atoms with E-state index in [2.05, 4.69) is 0 Å². The van der Waals surface area contributed by atoms with E-state index >= 15 is 0 Å². The molecule has 1 aromatic carbocycles. The fraction of sp³-hybridized carbons (Fsp3) is 0.619. The van der Waals surface area contributed by atoms with Crippen LogP contribution in [0.5, 0.6) is 0 Å². The summed E-state index contributed by atoms with van der Waals surface area (Å²) in [5, 5.41) is 10.7. The van der Waals surface area contributed by atoms with Crippen molar-refractivity contribution in [3.8, 4) is 0 Å². The Kier molecular flexibility index (Phi) is 4.75. The first kappa shape index (κ1) is 16.7. The Morgan fingerprint density at radius 3 is 2.61 bits per heavy atom. The lowest BCUT2D eigenvalue weighted by Gasteiger charge is -2.47. The number of carbonyl (C=O) groups excluding carboxylic acids is 2. The number of benzene rings is 1. The lowest BCUT2D eigenvalue weighted by Crippen LogP contribution is -2.65. The maximum atomic E-state index is 12.9. The van der Waals surface area contributed by atoms with Crippen LogP contribution in [0.25, 0.3) is 0 Å². The largest absolute Gasteiger partial charge is 0.445 e. The summed E-state index contributed by atoms with van der Waals surface area (Å²) in [7, 11) is 0. The topological polar surface area (TPSA) is 79.3 Å². The van der Waals surface area contributed by atoms with Crippen molar-refractivity contribution in [1.29, 1.82) is 0 Å². The van der Waals surface area contributed by atoms with Crippen molar-refractivity contribution in [3.05, 3.63) is 35.9 Å². The summed E-state index contributed by atoms with van der Waals surface area (Å²) < 4.78 is 34.0. The van der Waals surface area contributed by atoms with E-state index in [4.69, 9.17) is 13.6 Å². The number of amides is 2. The second-order valence-corrected chi connectivity index (χ2v) is 8.31. The molecule has 4 atom stereocenters. The smallest absolute Gasteiger partial charge is 0.410 e. The fourth-order valence-corrected chi connectivity index (χ4v) is 3.96. The number of ether oxygens (including phenoxy) is 2. The second-order valence-electron chi connectivity index (χ2n) is 8.31. The molecular formula is C21H30N2O5. The Morgan fingerprint density at radius 2 is 1.96 bits per heavy atom. The van der Waals surface area contributed by atoms with Gasteiger partial charge in [-0.1, -0.05) is 30.3 Å². The van der Waals surface area contributed by atoms with Crippen molar-refractivity contribution >= 4 is 12.2 Å². The molecule has 0 aromatic heterocycles. The van der Waals surface area contributed by atoms with E-state index < -0.39 is 42.8 Å². The molecule has 2 saturated heterocycles. The standard InChI is InChI=1S/C21H30N2O5/c1-14(24)18-17-11-10-16(23(17)20(26)28-21(2,3)4)12-22(18)19(25)27-13-15-8-6-5-7-9-15/h5-9,14,16-18,24H,10-13H2,1-4H3/t14?,16-,17+,18+/m0/s1/i1D3. The van der Waals surface area contributed by atoms with Gasteiger partial charge >= 0.3 is 12.2 Å². The predicted octanol–water partition coefficient (Wildman–Crippen LogP) is 3.16. The number of piperazine rings is 1. The van der Waals surface area contributed by atoms with E-state index in [1.54, 1.807) is 20.8 Å². The molecule has 0 spiro atoms. The summed E-state index contributed by atoms with van der Waals surface area (Å²) in [6.45, 7) is 2.62. The highest BCUT2D eigenvalue weighted by Crippen LogP contribution is 2.37. The molecule has 3 rings (SSSR count). The third-order valence-corrected chi connectivity index (χ3v) is 5.08. The third kappa shape index (κ3) is 4.41. The summed E-state index contributed by atoms with van der Waals surface area (Å²) in [4.78, 5) is 28.5. The van der Waals surface area contributed by atoms with Gasteiger partial charge < -0.3 is 14.6 Å². The molecule has 7 nitrogen and oxygen atoms in total. The molecule has 0 saturated carbocycles. The Hall–Kier alpha value is -2.28. The first-order chi connectivity index (χ1) is 14.4. The highest BCUT2D eigenvalue weighted by Gasteiger charge is 2.52. The van der Waals surface area contributed by atoms with Gasteiger partial charge in [0.15, 0.2) is 0 Å². The summed E-state index contributed by atoms with van der Waals surface area (Å²) in [6, 6.07) is 6.99. The Morgan fingerprint density at radius 1 is 1.25 bits per heavy atom. The molecule has 1 aromatic rings. The van der Waals surface area contributed by atoms with Gasteiger partial charge in [0.05, 0.1) is 24.2 Å². The molecule has 154 valence electrons. The van der Waals surface area contributed by atoms with Crippen molar-refractivity contribution < 1.29 is 28.3 Å². The van der Waals surface area contributed by atoms with Crippen LogP contribution in [-0.2, 0) is 16.1 Å². The Bertz CT molecular complexity index is 796. The minimum Gasteiger partial charge on any atom is -0.445 e. The molecule has 0 aliphatic carbocycles. The van der Waals surface area contributed by atoms with Crippen molar-refractivity contribution in [2.24, 2.45) is 0 Å². The Labute approximate surface area is 170 Å². The van der Waals surface area contributed by atoms with Gasteiger partial charge in [-0.25, -0.2) is 9.59 Å². The number of likely N-dealkylation sites (tertiary alicyclic amines) is 1. The molecule has 1 N–H and O–H groups in total. The molecule has 1 unspecified atom stereocenters. The molecule has 7 heteroatoms. The molecule has 2 bridgehead atoms. The van der Waals surface area contributed by atoms with Gasteiger partial charge in [0.2, 0.25) is 0 Å². The number of nitrogens with zero attached hydrogens (tertiary/aromatic N) is 2. The summed E-state index contributed by atoms with van der Waals surface area (Å²) in [6.07, 6.45) is -2.07. The van der Waals surface area contributed by atoms with Crippen molar-refractivity contribution in [2.75, 3.05) is 6.54 Å². The monoisotopic (exact) mass is 393 g/mol. The zero-order chi connectivity index (χ0) is 23.0. The van der Waals surface area contributed by atoms with Crippen LogP contribution in [0.15, 0.2) is 30.3 Å². The van der Waals surface area contributed by atoms with Gasteiger partial charge in [-0.3, -0.25) is 9.80 Å². The van der Waals surface area contributed by atoms with Crippen LogP contribution in [-0.4, -0.2) is 63.5 Å². The SMILES string of the molecule is [2H]C([2H])([2H])C(O)[C@@H]1[C@H]2CC[C@@H](CN1C(=O)OCc1ccccc1)N2C(=O)OC(C)(C)C. The van der Waals surface area contributed by atoms with Crippen LogP contribution in [0.1, 0.15) is 50.1 Å². The van der Waals surface area contributed by atoms with Crippen LogP contribution < -0.4 is 0 Å². The lowest BCUT2D eigenvalue weighted by atomic mass is 9.98. The minimum absolute atomic E-state index is 0.0257. The van der Waals surface area contributed by atoms with Crippen LogP contribution in [0.2, 0.25) is 0 Å². The van der Waals surface area contributed by atoms with E-state index in [9.17, 15) is 14.7 Å². The van der Waals surface area contributed by atoms with Crippen molar-refractivity contribution in [2.45, 2.75) is 76.9 Å². The Balaban J connectivity index is 1.83. The fourth-order valence-electron chi connectivity index (χ4n) is 3.96. The van der Waals surface area contributed by atoms with Crippen molar-refractivity contribution in [3.63, 3.8) is 0 Å². The lowest BCUT2D eigenvalue weighted by molar-refractivity contribution is -0.0486. The van der Waals surface area contributed by atoms with E-state index in [1.165, 1.54) is 9.80 Å². The number of hydrogen-bond donors (Lipinski definition) is 1. The van der Waals surface area contributed by atoms with Gasteiger partial charge in [-0.15, -0.1) is 0 Å².